The number of aromatic nitrogens is 1. The molecule has 1 spiro atoms. The molecule has 3 amide bonds. The van der Waals surface area contributed by atoms with E-state index in [-0.39, 0.29) is 34.9 Å². The van der Waals surface area contributed by atoms with Gasteiger partial charge in [0.25, 0.3) is 5.91 Å². The summed E-state index contributed by atoms with van der Waals surface area (Å²) in [4.78, 5) is 68.7. The number of likely N-dealkylation sites (tertiary alicyclic amines) is 1. The molecule has 7 rings (SSSR count). The Morgan fingerprint density at radius 2 is 1.91 bits per heavy atom. The number of benzene rings is 1. The molecule has 4 fully saturated rings. The number of carbonyl (C=O) groups is 3. The van der Waals surface area contributed by atoms with Gasteiger partial charge in [-0.25, -0.2) is 4.39 Å². The third-order valence-electron chi connectivity index (χ3n) is 10.1. The number of amides is 3. The van der Waals surface area contributed by atoms with Crippen molar-refractivity contribution in [1.82, 2.24) is 20.1 Å². The van der Waals surface area contributed by atoms with Gasteiger partial charge in [0.2, 0.25) is 17.7 Å². The first-order valence-corrected chi connectivity index (χ1v) is 18.1. The van der Waals surface area contributed by atoms with Crippen molar-refractivity contribution < 1.29 is 33.1 Å². The van der Waals surface area contributed by atoms with Gasteiger partial charge in [0, 0.05) is 41.1 Å². The van der Waals surface area contributed by atoms with Gasteiger partial charge in [-0.05, 0) is 85.7 Å². The van der Waals surface area contributed by atoms with E-state index >= 15 is 0 Å². The predicted octanol–water partition coefficient (Wildman–Crippen LogP) is 5.02. The molecular weight excluding hydrogens is 618 g/mol. The lowest BCUT2D eigenvalue weighted by molar-refractivity contribution is -0.148. The van der Waals surface area contributed by atoms with Crippen molar-refractivity contribution in [3.8, 4) is 0 Å². The lowest BCUT2D eigenvalue weighted by Crippen LogP contribution is -2.57. The molecule has 0 bridgehead atoms. The van der Waals surface area contributed by atoms with Crippen molar-refractivity contribution in [3.63, 3.8) is 0 Å². The number of hydrogen-bond donors (Lipinski definition) is 3. The number of hydrogen-bond acceptors (Lipinski definition) is 6. The maximum atomic E-state index is 14.3. The van der Waals surface area contributed by atoms with Gasteiger partial charge in [0.05, 0.1) is 4.88 Å². The summed E-state index contributed by atoms with van der Waals surface area (Å²) < 4.78 is 26.3. The van der Waals surface area contributed by atoms with Crippen LogP contribution in [0, 0.1) is 0 Å². The van der Waals surface area contributed by atoms with Crippen LogP contribution in [-0.2, 0) is 14.2 Å². The minimum atomic E-state index is -4.97. The number of rotatable bonds is 6. The fourth-order valence-electron chi connectivity index (χ4n) is 7.66. The van der Waals surface area contributed by atoms with Crippen molar-refractivity contribution in [1.29, 1.82) is 0 Å². The van der Waals surface area contributed by atoms with Crippen LogP contribution in [0.25, 0.3) is 10.1 Å². The third-order valence-corrected chi connectivity index (χ3v) is 12.1. The smallest absolute Gasteiger partial charge is 0.340 e. The van der Waals surface area contributed by atoms with E-state index in [2.05, 4.69) is 16.4 Å². The molecule has 45 heavy (non-hydrogen) atoms. The van der Waals surface area contributed by atoms with E-state index in [1.807, 2.05) is 17.2 Å². The maximum absolute atomic E-state index is 14.3. The minimum absolute atomic E-state index is 0.0159. The van der Waals surface area contributed by atoms with Crippen molar-refractivity contribution >= 4 is 46.7 Å². The Bertz CT molecular complexity index is 1690. The molecule has 1 saturated carbocycles. The predicted molar refractivity (Wildman–Crippen MR) is 166 cm³/mol. The molecule has 13 heteroatoms. The molecule has 3 aromatic rings. The Morgan fingerprint density at radius 1 is 1.11 bits per heavy atom. The van der Waals surface area contributed by atoms with E-state index in [0.717, 1.165) is 61.8 Å². The number of nitrogens with zero attached hydrogens (tertiary/aromatic N) is 3. The first kappa shape index (κ1) is 30.5. The summed E-state index contributed by atoms with van der Waals surface area (Å²) in [5.74, 6) is -2.88. The maximum Gasteiger partial charge on any atom is 0.363 e. The molecule has 5 heterocycles. The Hall–Kier alpha value is -3.18. The van der Waals surface area contributed by atoms with Gasteiger partial charge in [-0.3, -0.25) is 23.9 Å². The SMILES string of the molecule is O=C(NC1CCCC[C@H]2CC[C@@H](C(=O)N3C[C@@H](c4cccnc4)CC34CC4)N2C1=O)c1cc2cc([C@H](F)P(=O)(O)O)ccc2s1. The molecule has 0 radical (unpaired) electrons. The number of fused-ring (bicyclic) bond motifs is 2. The van der Waals surface area contributed by atoms with Gasteiger partial charge < -0.3 is 24.9 Å². The Labute approximate surface area is 264 Å². The van der Waals surface area contributed by atoms with Crippen LogP contribution in [-0.4, -0.2) is 72.5 Å². The van der Waals surface area contributed by atoms with Gasteiger partial charge in [-0.15, -0.1) is 11.3 Å². The fourth-order valence-corrected chi connectivity index (χ4v) is 9.16. The van der Waals surface area contributed by atoms with Crippen LogP contribution in [0.15, 0.2) is 48.8 Å². The van der Waals surface area contributed by atoms with E-state index in [9.17, 15) is 33.1 Å². The summed E-state index contributed by atoms with van der Waals surface area (Å²) in [5, 5.41) is 3.41. The van der Waals surface area contributed by atoms with Gasteiger partial charge in [-0.1, -0.05) is 25.0 Å². The van der Waals surface area contributed by atoms with Gasteiger partial charge in [0.15, 0.2) is 0 Å². The number of nitrogens with one attached hydrogen (secondary N) is 1. The fraction of sp³-hybridized carbons (Fsp3) is 0.500. The second-order valence-electron chi connectivity index (χ2n) is 13.0. The molecule has 1 aliphatic carbocycles. The van der Waals surface area contributed by atoms with Crippen LogP contribution in [0.4, 0.5) is 4.39 Å². The monoisotopic (exact) mass is 654 g/mol. The first-order chi connectivity index (χ1) is 21.5. The molecule has 10 nitrogen and oxygen atoms in total. The summed E-state index contributed by atoms with van der Waals surface area (Å²) in [7, 11) is -4.97. The average molecular weight is 655 g/mol. The summed E-state index contributed by atoms with van der Waals surface area (Å²) in [6, 6.07) is 8.35. The molecule has 1 unspecified atom stereocenters. The molecule has 3 N–H and O–H groups in total. The highest BCUT2D eigenvalue weighted by Gasteiger charge is 2.58. The van der Waals surface area contributed by atoms with Gasteiger partial charge >= 0.3 is 7.60 Å². The summed E-state index contributed by atoms with van der Waals surface area (Å²) in [6.45, 7) is 0.624. The zero-order valence-electron chi connectivity index (χ0n) is 24.7. The summed E-state index contributed by atoms with van der Waals surface area (Å²) >= 11 is 1.16. The second kappa shape index (κ2) is 11.6. The van der Waals surface area contributed by atoms with Crippen molar-refractivity contribution in [3.05, 3.63) is 64.8 Å². The van der Waals surface area contributed by atoms with E-state index in [1.54, 1.807) is 17.2 Å². The van der Waals surface area contributed by atoms with E-state index in [0.29, 0.717) is 34.3 Å². The molecule has 5 atom stereocenters. The number of carbonyl (C=O) groups excluding carboxylic acids is 3. The summed E-state index contributed by atoms with van der Waals surface area (Å²) in [6.07, 6.45) is 10.8. The highest BCUT2D eigenvalue weighted by molar-refractivity contribution is 7.51. The Morgan fingerprint density at radius 3 is 2.64 bits per heavy atom. The molecular formula is C32H36FN4O6PS. The lowest BCUT2D eigenvalue weighted by Gasteiger charge is -2.37. The van der Waals surface area contributed by atoms with Crippen LogP contribution in [0.3, 0.4) is 0 Å². The lowest BCUT2D eigenvalue weighted by atomic mass is 9.97. The van der Waals surface area contributed by atoms with Crippen LogP contribution >= 0.6 is 18.9 Å². The third kappa shape index (κ3) is 5.71. The number of alkyl halides is 1. The van der Waals surface area contributed by atoms with Crippen molar-refractivity contribution in [2.45, 2.75) is 93.3 Å². The summed E-state index contributed by atoms with van der Waals surface area (Å²) in [5.41, 5.74) is 0.838. The first-order valence-electron chi connectivity index (χ1n) is 15.6. The highest BCUT2D eigenvalue weighted by Crippen LogP contribution is 2.55. The van der Waals surface area contributed by atoms with E-state index in [4.69, 9.17) is 0 Å². The van der Waals surface area contributed by atoms with Crippen LogP contribution in [0.2, 0.25) is 0 Å². The van der Waals surface area contributed by atoms with Crippen LogP contribution in [0.1, 0.15) is 90.4 Å². The Kier molecular flexibility index (Phi) is 7.83. The topological polar surface area (TPSA) is 140 Å². The standard InChI is InChI=1S/C32H36FN4O6PS/c33-28(44(41,42)43)19-7-10-26-21(14-19)15-27(45-26)29(38)35-24-6-2-1-5-23-8-9-25(37(23)30(24)39)31(40)36-18-22(16-32(36)11-12-32)20-4-3-13-34-17-20/h3-4,7,10,13-15,17,22-25,28H,1-2,5-6,8-9,11-12,16,18H2,(H,35,38)(H2,41,42,43)/t22-,23-,24?,25-,28+/m0/s1. The minimum Gasteiger partial charge on any atom is -0.340 e. The van der Waals surface area contributed by atoms with E-state index in [1.165, 1.54) is 18.2 Å². The van der Waals surface area contributed by atoms with Crippen molar-refractivity contribution in [2.24, 2.45) is 0 Å². The quantitative estimate of drug-likeness (QED) is 0.317. The number of pyridine rings is 1. The molecule has 3 aliphatic heterocycles. The Balaban J connectivity index is 1.08. The zero-order chi connectivity index (χ0) is 31.5. The largest absolute Gasteiger partial charge is 0.363 e. The van der Waals surface area contributed by atoms with Crippen LogP contribution < -0.4 is 5.32 Å². The van der Waals surface area contributed by atoms with Gasteiger partial charge in [0.1, 0.15) is 12.1 Å². The van der Waals surface area contributed by atoms with Crippen LogP contribution in [0.5, 0.6) is 0 Å². The molecule has 3 saturated heterocycles. The normalized spacial score (nSPS) is 26.9. The van der Waals surface area contributed by atoms with Gasteiger partial charge in [-0.2, -0.15) is 0 Å². The van der Waals surface area contributed by atoms with Crippen molar-refractivity contribution in [2.75, 3.05) is 6.54 Å². The zero-order valence-corrected chi connectivity index (χ0v) is 26.4. The van der Waals surface area contributed by atoms with E-state index < -0.39 is 31.5 Å². The second-order valence-corrected chi connectivity index (χ2v) is 15.7. The number of thiophene rings is 1. The molecule has 4 aliphatic rings. The number of halogens is 1. The molecule has 1 aromatic carbocycles. The highest BCUT2D eigenvalue weighted by atomic mass is 32.1. The average Bonchev–Trinajstić information content (AvgIpc) is 3.33. The molecule has 238 valence electrons. The molecule has 2 aromatic heterocycles.